The predicted octanol–water partition coefficient (Wildman–Crippen LogP) is 18.7. The van der Waals surface area contributed by atoms with Crippen molar-refractivity contribution in [1.82, 2.24) is 0 Å². The van der Waals surface area contributed by atoms with Crippen molar-refractivity contribution in [3.8, 4) is 11.5 Å². The topological polar surface area (TPSA) is 55.8 Å². The van der Waals surface area contributed by atoms with Gasteiger partial charge in [0.25, 0.3) is 0 Å². The smallest absolute Gasteiger partial charge is 0.200 e. The lowest BCUT2D eigenvalue weighted by Crippen LogP contribution is -2.15. The van der Waals surface area contributed by atoms with Crippen LogP contribution in [0.4, 0.5) is 17.6 Å². The number of ether oxygens (including phenoxy) is 2. The Balaban J connectivity index is 0.898. The van der Waals surface area contributed by atoms with Crippen LogP contribution < -0.4 is 9.47 Å². The van der Waals surface area contributed by atoms with Gasteiger partial charge in [-0.15, -0.1) is 0 Å². The van der Waals surface area contributed by atoms with E-state index in [-0.39, 0.29) is 23.3 Å². The zero-order chi connectivity index (χ0) is 46.5. The van der Waals surface area contributed by atoms with Crippen molar-refractivity contribution in [2.24, 2.45) is 11.8 Å². The Morgan fingerprint density at radius 1 is 0.446 bits per heavy atom. The Kier molecular flexibility index (Phi) is 27.9. The van der Waals surface area contributed by atoms with Gasteiger partial charge in [0.15, 0.2) is 23.1 Å². The van der Waals surface area contributed by atoms with Gasteiger partial charge in [-0.25, -0.2) is 8.78 Å². The summed E-state index contributed by atoms with van der Waals surface area (Å²) in [5, 5.41) is 0. The maximum atomic E-state index is 15.0. The van der Waals surface area contributed by atoms with Gasteiger partial charge in [0, 0.05) is 12.3 Å². The highest BCUT2D eigenvalue weighted by atomic mass is 31.2. The summed E-state index contributed by atoms with van der Waals surface area (Å²) in [4.78, 5) is 10.5. The first-order valence-corrected chi connectivity index (χ1v) is 29.2. The molecule has 0 aromatic heterocycles. The van der Waals surface area contributed by atoms with Crippen molar-refractivity contribution in [3.63, 3.8) is 0 Å². The van der Waals surface area contributed by atoms with Crippen LogP contribution in [0, 0.1) is 35.1 Å². The molecule has 0 heterocycles. The van der Waals surface area contributed by atoms with Gasteiger partial charge in [0.05, 0.1) is 13.2 Å². The number of benzene rings is 2. The molecule has 0 spiro atoms. The van der Waals surface area contributed by atoms with Crippen molar-refractivity contribution < 1.29 is 36.5 Å². The number of hydrogen-bond donors (Lipinski definition) is 1. The maximum absolute atomic E-state index is 15.0. The van der Waals surface area contributed by atoms with Gasteiger partial charge in [0.2, 0.25) is 19.0 Å². The molecule has 0 atom stereocenters. The molecule has 2 aromatic carbocycles. The molecule has 4 nitrogen and oxygen atoms in total. The second-order valence-corrected chi connectivity index (χ2v) is 22.9. The first-order valence-electron chi connectivity index (χ1n) is 27.2. The first-order chi connectivity index (χ1) is 31.6. The van der Waals surface area contributed by atoms with Gasteiger partial charge < -0.3 is 14.4 Å². The van der Waals surface area contributed by atoms with Crippen molar-refractivity contribution >= 4 is 7.37 Å². The molecule has 0 radical (unpaired) electrons. The van der Waals surface area contributed by atoms with E-state index in [1.807, 2.05) is 0 Å². The van der Waals surface area contributed by atoms with Crippen LogP contribution in [-0.2, 0) is 4.57 Å². The quantitative estimate of drug-likeness (QED) is 0.0420. The Morgan fingerprint density at radius 3 is 1.11 bits per heavy atom. The molecule has 0 amide bonds. The summed E-state index contributed by atoms with van der Waals surface area (Å²) in [6.07, 6.45) is 37.6. The minimum atomic E-state index is -3.05. The fourth-order valence-corrected chi connectivity index (χ4v) is 12.4. The third kappa shape index (κ3) is 21.4. The second-order valence-electron chi connectivity index (χ2n) is 20.3. The summed E-state index contributed by atoms with van der Waals surface area (Å²) in [6.45, 7) is 5.24. The van der Waals surface area contributed by atoms with Gasteiger partial charge in [-0.1, -0.05) is 167 Å². The SMILES string of the molecule is CCCCCC1CCC(c2ccc(OCCCCCCCCCCCP(=O)(O)CCCCCCCCCCCOc3ccc(C4CCC(CCCCC)CC4)c(F)c3F)c(F)c2F)CC1. The van der Waals surface area contributed by atoms with Gasteiger partial charge in [-0.05, 0) is 124 Å². The van der Waals surface area contributed by atoms with Crippen molar-refractivity contribution in [3.05, 3.63) is 58.7 Å². The number of hydrogen-bond acceptors (Lipinski definition) is 3. The molecule has 9 heteroatoms. The Labute approximate surface area is 394 Å². The summed E-state index contributed by atoms with van der Waals surface area (Å²) in [6, 6.07) is 6.75. The van der Waals surface area contributed by atoms with Crippen LogP contribution in [-0.4, -0.2) is 30.4 Å². The van der Waals surface area contributed by atoms with E-state index in [2.05, 4.69) is 13.8 Å². The monoisotopic (exact) mass is 935 g/mol. The molecule has 0 aliphatic heterocycles. The van der Waals surface area contributed by atoms with E-state index in [1.165, 1.54) is 51.4 Å². The van der Waals surface area contributed by atoms with Gasteiger partial charge in [-0.3, -0.25) is 4.57 Å². The minimum Gasteiger partial charge on any atom is -0.490 e. The Bertz CT molecular complexity index is 1490. The zero-order valence-electron chi connectivity index (χ0n) is 41.1. The Hall–Kier alpha value is -2.05. The van der Waals surface area contributed by atoms with Crippen LogP contribution in [0.3, 0.4) is 0 Å². The molecule has 0 bridgehead atoms. The maximum Gasteiger partial charge on any atom is 0.200 e. The van der Waals surface area contributed by atoms with Crippen molar-refractivity contribution in [2.75, 3.05) is 25.5 Å². The van der Waals surface area contributed by atoms with Crippen LogP contribution in [0.5, 0.6) is 11.5 Å². The number of unbranched alkanes of at least 4 members (excludes halogenated alkanes) is 20. The van der Waals surface area contributed by atoms with E-state index in [0.717, 1.165) is 179 Å². The average molecular weight is 935 g/mol. The van der Waals surface area contributed by atoms with Crippen molar-refractivity contribution in [2.45, 2.75) is 244 Å². The number of halogens is 4. The third-order valence-corrected chi connectivity index (χ3v) is 17.0. The summed E-state index contributed by atoms with van der Waals surface area (Å²) in [5.41, 5.74) is 1.04. The number of rotatable bonds is 36. The lowest BCUT2D eigenvalue weighted by atomic mass is 9.77. The molecule has 0 unspecified atom stereocenters. The van der Waals surface area contributed by atoms with E-state index >= 15 is 8.78 Å². The van der Waals surface area contributed by atoms with E-state index < -0.39 is 30.6 Å². The van der Waals surface area contributed by atoms with Gasteiger partial charge in [-0.2, -0.15) is 8.78 Å². The fraction of sp³-hybridized carbons (Fsp3) is 0.786. The molecule has 2 aliphatic rings. The van der Waals surface area contributed by atoms with Gasteiger partial charge >= 0.3 is 0 Å². The lowest BCUT2D eigenvalue weighted by molar-refractivity contribution is 0.279. The van der Waals surface area contributed by atoms with E-state index in [4.69, 9.17) is 9.47 Å². The summed E-state index contributed by atoms with van der Waals surface area (Å²) < 4.78 is 83.8. The summed E-state index contributed by atoms with van der Waals surface area (Å²) in [5.74, 6) is -1.36. The molecular formula is C56H91F4O4P. The van der Waals surface area contributed by atoms with Crippen LogP contribution >= 0.6 is 7.37 Å². The molecule has 1 N–H and O–H groups in total. The summed E-state index contributed by atoms with van der Waals surface area (Å²) in [7, 11) is -3.05. The third-order valence-electron chi connectivity index (χ3n) is 15.0. The normalized spacial score (nSPS) is 19.9. The molecule has 4 rings (SSSR count). The standard InChI is InChI=1S/C56H91F4O4P/c1-3-5-21-27-45-29-33-47(34-30-45)49-37-39-51(55(59)53(49)57)63-41-23-17-13-9-7-11-15-19-25-43-65(61,62)44-26-20-16-12-8-10-14-18-24-42-64-52-40-38-50(54(58)56(52)60)48-35-31-46(32-36-48)28-22-6-4-2/h37-40,45-48H,3-36,41-44H2,1-2H3,(H,61,62). The molecule has 2 aliphatic carbocycles. The summed E-state index contributed by atoms with van der Waals surface area (Å²) >= 11 is 0. The molecule has 2 saturated carbocycles. The predicted molar refractivity (Wildman–Crippen MR) is 264 cm³/mol. The molecule has 65 heavy (non-hydrogen) atoms. The van der Waals surface area contributed by atoms with E-state index in [0.29, 0.717) is 36.7 Å². The molecule has 0 saturated heterocycles. The first kappa shape index (κ1) is 55.5. The van der Waals surface area contributed by atoms with Gasteiger partial charge in [0.1, 0.15) is 0 Å². The molecule has 2 aromatic rings. The van der Waals surface area contributed by atoms with Crippen LogP contribution in [0.2, 0.25) is 0 Å². The van der Waals surface area contributed by atoms with E-state index in [1.54, 1.807) is 24.3 Å². The minimum absolute atomic E-state index is 0.0306. The molecule has 372 valence electrons. The highest BCUT2D eigenvalue weighted by Crippen LogP contribution is 2.44. The van der Waals surface area contributed by atoms with Crippen molar-refractivity contribution in [1.29, 1.82) is 0 Å². The zero-order valence-corrected chi connectivity index (χ0v) is 42.0. The van der Waals surface area contributed by atoms with Crippen LogP contribution in [0.15, 0.2) is 24.3 Å². The molecular weight excluding hydrogens is 844 g/mol. The second kappa shape index (κ2) is 32.7. The average Bonchev–Trinajstić information content (AvgIpc) is 3.30. The Morgan fingerprint density at radius 2 is 0.769 bits per heavy atom. The fourth-order valence-electron chi connectivity index (χ4n) is 10.7. The van der Waals surface area contributed by atoms with E-state index in [9.17, 15) is 18.2 Å². The highest BCUT2D eigenvalue weighted by molar-refractivity contribution is 7.57. The lowest BCUT2D eigenvalue weighted by Gasteiger charge is -2.29. The van der Waals surface area contributed by atoms with Crippen LogP contribution in [0.1, 0.15) is 255 Å². The highest BCUT2D eigenvalue weighted by Gasteiger charge is 2.28. The largest absolute Gasteiger partial charge is 0.490 e. The molecule has 2 fully saturated rings. The van der Waals surface area contributed by atoms with Crippen LogP contribution in [0.25, 0.3) is 0 Å².